The number of carbonyl (C=O) groups is 8. The van der Waals surface area contributed by atoms with Crippen molar-refractivity contribution in [2.75, 3.05) is 79.6 Å². The van der Waals surface area contributed by atoms with Gasteiger partial charge in [-0.1, -0.05) is 177 Å². The molecule has 3 aliphatic carbocycles. The fraction of sp³-hybridized carbons (Fsp3) is 0.451. The van der Waals surface area contributed by atoms with E-state index in [4.69, 9.17) is 35.8 Å². The summed E-state index contributed by atoms with van der Waals surface area (Å²) in [7, 11) is 1.09. The SMILES string of the molecule is CN(Cc1ccccc1CN(CC(=O)Nc1ccc2c(n1)CC1(C2)C(=O)N(COCC[Si](C)(C)C)c2ncccc21)C(=O)C(C)(C)C)C(=O)OC(C)(C)C.CNCc1ccccc1CN(CC(=O)Nc1ccc2c(n1)CC1(C2)C(=O)Nc2ncccc21)C(=O)C(C)(C)C.C[Si](C)(C)CCOCN1C(=O)C2(Cc3ccc(Cl)nc3C2)c2cccnc21. The van der Waals surface area contributed by atoms with Crippen molar-refractivity contribution in [2.24, 2.45) is 10.8 Å². The number of aromatic nitrogens is 6. The zero-order chi connectivity index (χ0) is 86.7. The van der Waals surface area contributed by atoms with Crippen LogP contribution in [0.5, 0.6) is 0 Å². The summed E-state index contributed by atoms with van der Waals surface area (Å²) in [5.41, 5.74) is 7.62. The van der Waals surface area contributed by atoms with Gasteiger partial charge >= 0.3 is 6.09 Å². The topological polar surface area (TPSA) is 306 Å². The minimum absolute atomic E-state index is 0.0540. The number of benzene rings is 2. The first kappa shape index (κ1) is 88.8. The molecule has 3 unspecified atom stereocenters. The molecule has 3 spiro atoms. The third-order valence-corrected chi connectivity index (χ3v) is 26.0. The summed E-state index contributed by atoms with van der Waals surface area (Å²) in [6.45, 7) is 33.1. The maximum absolute atomic E-state index is 14.2. The molecular formula is C91H114ClN15O11Si2. The number of carbonyl (C=O) groups excluding carboxylic acids is 8. The van der Waals surface area contributed by atoms with E-state index in [9.17, 15) is 38.4 Å². The van der Waals surface area contributed by atoms with Crippen molar-refractivity contribution < 1.29 is 52.6 Å². The first-order chi connectivity index (χ1) is 56.6. The van der Waals surface area contributed by atoms with Crippen molar-refractivity contribution in [1.29, 1.82) is 0 Å². The molecular weight excluding hydrogens is 1570 g/mol. The van der Waals surface area contributed by atoms with Gasteiger partial charge in [0.05, 0.1) is 16.2 Å². The first-order valence-electron chi connectivity index (χ1n) is 41.1. The summed E-state index contributed by atoms with van der Waals surface area (Å²) in [6, 6.07) is 40.1. The third kappa shape index (κ3) is 20.2. The summed E-state index contributed by atoms with van der Waals surface area (Å²) in [5.74, 6) is 1.59. The highest BCUT2D eigenvalue weighted by Crippen LogP contribution is 2.51. The van der Waals surface area contributed by atoms with Crippen LogP contribution in [0, 0.1) is 10.8 Å². The number of rotatable bonds is 24. The highest BCUT2D eigenvalue weighted by molar-refractivity contribution is 6.76. The number of hydrogen-bond acceptors (Lipinski definition) is 18. The van der Waals surface area contributed by atoms with Gasteiger partial charge in [0, 0.05) is 145 Å². The standard InChI is InChI=1S/C41H56N6O6Si.C30H34N6O3.C20H24ClN3O2Si/c1-39(2,3)36(49)46(25-30-15-12-11-14-29(30)24-45(7)38(51)53-40(4,5)6)26-34(48)44-33-18-17-28-22-41(23-32(28)43-33)31-16-13-19-42-35(31)47(37(41)50)27-52-20-21-54(8,9)10;1-29(2,3)28(39)36(17-21-9-6-5-8-20(21)16-31-4)18-25(37)34-24-12-11-19-14-30(15-23(19)33-24)22-10-7-13-32-26(22)35-27(30)38;1-27(2,3)10-9-26-13-24-18-15(5-4-8-22-18)20(19(24)25)11-14-6-7-17(21)23-16(14)12-20/h11-19H,20-27H2,1-10H3,(H,43,44,48);5-13,31H,14-18H2,1-4H3,(H,32,35,38)(H,33,34,37);4-8H,9-13H2,1-3H3. The Morgan fingerprint density at radius 3 is 1.37 bits per heavy atom. The Bertz CT molecular complexity index is 5230. The van der Waals surface area contributed by atoms with Crippen LogP contribution in [-0.4, -0.2) is 168 Å². The highest BCUT2D eigenvalue weighted by Gasteiger charge is 2.57. The number of hydrogen-bond donors (Lipinski definition) is 4. The van der Waals surface area contributed by atoms with Crippen LogP contribution < -0.4 is 31.1 Å². The number of amides is 8. The number of nitrogens with zero attached hydrogens (tertiary/aromatic N) is 11. The van der Waals surface area contributed by atoms with Gasteiger partial charge in [-0.05, 0) is 135 Å². The quantitative estimate of drug-likeness (QED) is 0.0248. The van der Waals surface area contributed by atoms with E-state index >= 15 is 0 Å². The fourth-order valence-electron chi connectivity index (χ4n) is 16.2. The lowest BCUT2D eigenvalue weighted by atomic mass is 9.80. The highest BCUT2D eigenvalue weighted by atomic mass is 35.5. The van der Waals surface area contributed by atoms with E-state index in [1.807, 2.05) is 172 Å². The molecule has 4 N–H and O–H groups in total. The Hall–Kier alpha value is -10.5. The van der Waals surface area contributed by atoms with Gasteiger partial charge in [-0.3, -0.25) is 43.4 Å². The summed E-state index contributed by atoms with van der Waals surface area (Å²) >= 11 is 6.07. The molecule has 29 heteroatoms. The van der Waals surface area contributed by atoms with Crippen LogP contribution in [-0.2, 0) is 129 Å². The lowest BCUT2D eigenvalue weighted by molar-refractivity contribution is -0.142. The van der Waals surface area contributed by atoms with E-state index < -0.39 is 60.8 Å². The van der Waals surface area contributed by atoms with E-state index in [1.165, 1.54) is 9.80 Å². The maximum Gasteiger partial charge on any atom is 0.410 e. The van der Waals surface area contributed by atoms with Gasteiger partial charge in [0.25, 0.3) is 0 Å². The largest absolute Gasteiger partial charge is 0.444 e. The number of fused-ring (bicyclic) bond motifs is 9. The second kappa shape index (κ2) is 35.7. The number of ether oxygens (including phenoxy) is 3. The van der Waals surface area contributed by atoms with Crippen molar-refractivity contribution in [2.45, 2.75) is 200 Å². The molecule has 26 nitrogen and oxygen atoms in total. The van der Waals surface area contributed by atoms with Gasteiger partial charge in [0.2, 0.25) is 41.4 Å². The molecule has 3 aliphatic heterocycles. The molecule has 120 heavy (non-hydrogen) atoms. The van der Waals surface area contributed by atoms with Crippen molar-refractivity contribution >= 4 is 104 Å². The minimum atomic E-state index is -1.29. The van der Waals surface area contributed by atoms with Crippen LogP contribution in [0.1, 0.15) is 135 Å². The van der Waals surface area contributed by atoms with Crippen LogP contribution in [0.4, 0.5) is 33.9 Å². The normalized spacial score (nSPS) is 17.9. The Morgan fingerprint density at radius 2 is 0.917 bits per heavy atom. The van der Waals surface area contributed by atoms with Gasteiger partial charge in [0.1, 0.15) is 66.4 Å². The van der Waals surface area contributed by atoms with Gasteiger partial charge in [-0.15, -0.1) is 0 Å². The number of halogens is 1. The summed E-state index contributed by atoms with van der Waals surface area (Å²) in [6.07, 6.45) is 7.66. The predicted molar refractivity (Wildman–Crippen MR) is 470 cm³/mol. The predicted octanol–water partition coefficient (Wildman–Crippen LogP) is 13.6. The van der Waals surface area contributed by atoms with E-state index in [0.29, 0.717) is 93.3 Å². The summed E-state index contributed by atoms with van der Waals surface area (Å²) in [5, 5.41) is 12.3. The van der Waals surface area contributed by atoms with E-state index in [0.717, 1.165) is 90.6 Å². The van der Waals surface area contributed by atoms with Gasteiger partial charge in [-0.2, -0.15) is 0 Å². The molecule has 0 saturated heterocycles. The van der Waals surface area contributed by atoms with Crippen molar-refractivity contribution in [3.8, 4) is 0 Å². The first-order valence-corrected chi connectivity index (χ1v) is 48.9. The zero-order valence-corrected chi connectivity index (χ0v) is 75.1. The molecule has 2 aromatic carbocycles. The second-order valence-corrected chi connectivity index (χ2v) is 49.4. The summed E-state index contributed by atoms with van der Waals surface area (Å²) in [4.78, 5) is 143. The number of anilines is 5. The third-order valence-electron chi connectivity index (χ3n) is 22.4. The smallest absolute Gasteiger partial charge is 0.410 e. The molecule has 634 valence electrons. The molecule has 14 rings (SSSR count). The Balaban J connectivity index is 0.000000175. The van der Waals surface area contributed by atoms with Crippen LogP contribution >= 0.6 is 11.6 Å². The molecule has 9 heterocycles. The zero-order valence-electron chi connectivity index (χ0n) is 72.3. The van der Waals surface area contributed by atoms with Gasteiger partial charge in [0.15, 0.2) is 0 Å². The average Bonchev–Trinajstić information content (AvgIpc) is 1.57. The van der Waals surface area contributed by atoms with E-state index in [2.05, 4.69) is 80.5 Å². The van der Waals surface area contributed by atoms with Gasteiger partial charge in [-0.25, -0.2) is 34.7 Å². The number of pyridine rings is 6. The number of nitrogens with one attached hydrogen (secondary N) is 4. The lowest BCUT2D eigenvalue weighted by Gasteiger charge is -2.30. The van der Waals surface area contributed by atoms with Crippen LogP contribution in [0.3, 0.4) is 0 Å². The van der Waals surface area contributed by atoms with Crippen LogP contribution in [0.15, 0.2) is 140 Å². The monoisotopic (exact) mass is 1680 g/mol. The molecule has 6 aromatic heterocycles. The van der Waals surface area contributed by atoms with Crippen LogP contribution in [0.25, 0.3) is 0 Å². The Morgan fingerprint density at radius 1 is 0.508 bits per heavy atom. The van der Waals surface area contributed by atoms with Crippen LogP contribution in [0.2, 0.25) is 56.5 Å². The fourth-order valence-corrected chi connectivity index (χ4v) is 17.9. The van der Waals surface area contributed by atoms with Crippen molar-refractivity contribution in [3.63, 3.8) is 0 Å². The van der Waals surface area contributed by atoms with E-state index in [-0.39, 0.29) is 75.1 Å². The van der Waals surface area contributed by atoms with Crippen molar-refractivity contribution in [3.05, 3.63) is 218 Å². The Labute approximate surface area is 711 Å². The summed E-state index contributed by atoms with van der Waals surface area (Å²) < 4.78 is 17.4. The Kier molecular flexibility index (Phi) is 26.4. The molecule has 8 amide bonds. The van der Waals surface area contributed by atoms with Crippen molar-refractivity contribution in [1.82, 2.24) is 49.9 Å². The van der Waals surface area contributed by atoms with E-state index in [1.54, 1.807) is 58.5 Å². The molecule has 0 fully saturated rings. The minimum Gasteiger partial charge on any atom is -0.444 e. The molecule has 0 bridgehead atoms. The maximum atomic E-state index is 14.2. The molecule has 6 aliphatic rings. The van der Waals surface area contributed by atoms with Gasteiger partial charge < -0.3 is 50.2 Å². The molecule has 3 atom stereocenters. The lowest BCUT2D eigenvalue weighted by Crippen LogP contribution is -2.43. The molecule has 0 radical (unpaired) electrons. The second-order valence-electron chi connectivity index (χ2n) is 37.7. The molecule has 0 saturated carbocycles. The average molecular weight is 1690 g/mol. The molecule has 8 aromatic rings.